The minimum atomic E-state index is 0.770. The van der Waals surface area contributed by atoms with Crippen molar-refractivity contribution in [2.75, 3.05) is 3.53 Å². The molecule has 0 saturated carbocycles. The summed E-state index contributed by atoms with van der Waals surface area (Å²) in [5.41, 5.74) is 6.10. The lowest BCUT2D eigenvalue weighted by atomic mass is 10.0. The number of hydrogen-bond donors (Lipinski definition) is 1. The van der Waals surface area contributed by atoms with Crippen molar-refractivity contribution in [2.45, 2.75) is 6.42 Å². The smallest absolute Gasteiger partial charge is 0.192 e. The second-order valence-electron chi connectivity index (χ2n) is 4.94. The number of hydrogen-bond acceptors (Lipinski definition) is 3. The number of aromatic nitrogens is 1. The average molecular weight is 425 g/mol. The third-order valence-corrected chi connectivity index (χ3v) is 5.73. The molecule has 2 nitrogen and oxygen atoms in total. The number of thiazole rings is 1. The first kappa shape index (κ1) is 13.5. The Labute approximate surface area is 145 Å². The minimum Gasteiger partial charge on any atom is -0.304 e. The molecule has 1 N–H and O–H groups in total. The third kappa shape index (κ3) is 2.35. The van der Waals surface area contributed by atoms with Crippen LogP contribution in [0.5, 0.6) is 0 Å². The highest BCUT2D eigenvalue weighted by Gasteiger charge is 2.23. The van der Waals surface area contributed by atoms with E-state index in [0.29, 0.717) is 0 Å². The minimum absolute atomic E-state index is 0.770. The van der Waals surface area contributed by atoms with Crippen molar-refractivity contribution >= 4 is 50.9 Å². The van der Waals surface area contributed by atoms with Gasteiger partial charge in [-0.25, -0.2) is 4.98 Å². The Morgan fingerprint density at radius 2 is 2.00 bits per heavy atom. The topological polar surface area (TPSA) is 24.9 Å². The molecule has 0 bridgehead atoms. The fraction of sp³-hybridized carbons (Fsp3) is 0.0625. The number of rotatable bonds is 2. The van der Waals surface area contributed by atoms with Crippen molar-refractivity contribution in [3.8, 4) is 22.4 Å². The molecule has 2 aromatic carbocycles. The number of nitrogens with one attached hydrogen (secondary N) is 1. The Balaban J connectivity index is 1.78. The van der Waals surface area contributed by atoms with Gasteiger partial charge >= 0.3 is 0 Å². The Bertz CT molecular complexity index is 844. The summed E-state index contributed by atoms with van der Waals surface area (Å²) < 4.78 is 3.09. The predicted octanol–water partition coefficient (Wildman–Crippen LogP) is 5.80. The van der Waals surface area contributed by atoms with Crippen LogP contribution in [-0.4, -0.2) is 4.98 Å². The van der Waals surface area contributed by atoms with E-state index in [1.54, 1.807) is 11.3 Å². The van der Waals surface area contributed by atoms with Crippen LogP contribution in [0.15, 0.2) is 42.5 Å². The quantitative estimate of drug-likeness (QED) is 0.325. The van der Waals surface area contributed by atoms with Gasteiger partial charge in [0.05, 0.1) is 28.6 Å². The molecule has 0 amide bonds. The molecule has 0 aliphatic heterocycles. The Hall–Kier alpha value is -1.11. The van der Waals surface area contributed by atoms with Crippen LogP contribution in [0.25, 0.3) is 22.4 Å². The van der Waals surface area contributed by atoms with Gasteiger partial charge in [0.25, 0.3) is 0 Å². The van der Waals surface area contributed by atoms with Crippen LogP contribution in [0, 0.1) is 0 Å². The molecule has 4 rings (SSSR count). The molecule has 0 spiro atoms. The molecular formula is C16H10ClIN2S. The van der Waals surface area contributed by atoms with Gasteiger partial charge in [-0.15, -0.1) is 11.3 Å². The summed E-state index contributed by atoms with van der Waals surface area (Å²) in [6.45, 7) is 0. The molecule has 1 aromatic heterocycles. The van der Waals surface area contributed by atoms with Crippen LogP contribution in [0.2, 0.25) is 5.02 Å². The van der Waals surface area contributed by atoms with Crippen LogP contribution in [0.3, 0.4) is 0 Å². The van der Waals surface area contributed by atoms with Crippen molar-refractivity contribution in [1.29, 1.82) is 0 Å². The van der Waals surface area contributed by atoms with Crippen molar-refractivity contribution in [3.63, 3.8) is 0 Å². The van der Waals surface area contributed by atoms with Crippen LogP contribution in [-0.2, 0) is 6.42 Å². The highest BCUT2D eigenvalue weighted by atomic mass is 127. The van der Waals surface area contributed by atoms with Gasteiger partial charge in [0.1, 0.15) is 0 Å². The molecule has 104 valence electrons. The first-order chi connectivity index (χ1) is 10.2. The van der Waals surface area contributed by atoms with E-state index >= 15 is 0 Å². The maximum Gasteiger partial charge on any atom is 0.192 e. The zero-order valence-corrected chi connectivity index (χ0v) is 14.6. The molecule has 0 unspecified atom stereocenters. The predicted molar refractivity (Wildman–Crippen MR) is 98.4 cm³/mol. The van der Waals surface area contributed by atoms with Crippen molar-refractivity contribution in [2.24, 2.45) is 0 Å². The average Bonchev–Trinajstić information content (AvgIpc) is 3.03. The molecule has 0 saturated heterocycles. The molecule has 1 heterocycles. The fourth-order valence-corrected chi connectivity index (χ4v) is 4.24. The van der Waals surface area contributed by atoms with Crippen LogP contribution in [0.4, 0.5) is 5.13 Å². The Kier molecular flexibility index (Phi) is 3.40. The SMILES string of the molecule is Clc1cccc(-c2ccc3c(c2)Cc2sc(NI)nc2-3)c1. The van der Waals surface area contributed by atoms with E-state index < -0.39 is 0 Å². The van der Waals surface area contributed by atoms with Gasteiger partial charge in [0.15, 0.2) is 5.13 Å². The molecule has 21 heavy (non-hydrogen) atoms. The zero-order chi connectivity index (χ0) is 14.4. The number of halogens is 2. The van der Waals surface area contributed by atoms with E-state index in [0.717, 1.165) is 27.8 Å². The number of fused-ring (bicyclic) bond motifs is 3. The molecule has 5 heteroatoms. The van der Waals surface area contributed by atoms with Gasteiger partial charge in [-0.2, -0.15) is 0 Å². The maximum atomic E-state index is 6.08. The summed E-state index contributed by atoms with van der Waals surface area (Å²) in [6.07, 6.45) is 0.967. The van der Waals surface area contributed by atoms with Gasteiger partial charge < -0.3 is 3.53 Å². The van der Waals surface area contributed by atoms with Gasteiger partial charge in [-0.05, 0) is 28.8 Å². The summed E-state index contributed by atoms with van der Waals surface area (Å²) in [6, 6.07) is 14.6. The molecule has 0 fully saturated rings. The highest BCUT2D eigenvalue weighted by molar-refractivity contribution is 14.1. The van der Waals surface area contributed by atoms with Gasteiger partial charge in [0.2, 0.25) is 0 Å². The fourth-order valence-electron chi connectivity index (χ4n) is 2.71. The number of anilines is 1. The van der Waals surface area contributed by atoms with E-state index in [4.69, 9.17) is 11.6 Å². The van der Waals surface area contributed by atoms with E-state index in [9.17, 15) is 0 Å². The maximum absolute atomic E-state index is 6.08. The van der Waals surface area contributed by atoms with Gasteiger partial charge in [-0.3, -0.25) is 0 Å². The molecule has 1 aliphatic carbocycles. The van der Waals surface area contributed by atoms with Crippen LogP contribution >= 0.6 is 45.8 Å². The molecule has 3 aromatic rings. The van der Waals surface area contributed by atoms with Crippen LogP contribution < -0.4 is 3.53 Å². The van der Waals surface area contributed by atoms with Gasteiger partial charge in [0, 0.05) is 21.9 Å². The highest BCUT2D eigenvalue weighted by Crippen LogP contribution is 2.42. The first-order valence-electron chi connectivity index (χ1n) is 6.50. The summed E-state index contributed by atoms with van der Waals surface area (Å²) >= 11 is 9.94. The molecule has 0 atom stereocenters. The van der Waals surface area contributed by atoms with E-state index in [2.05, 4.69) is 55.6 Å². The largest absolute Gasteiger partial charge is 0.304 e. The molecule has 0 radical (unpaired) electrons. The van der Waals surface area contributed by atoms with E-state index in [-0.39, 0.29) is 0 Å². The second-order valence-corrected chi connectivity index (χ2v) is 7.00. The van der Waals surface area contributed by atoms with Crippen LogP contribution in [0.1, 0.15) is 10.4 Å². The lowest BCUT2D eigenvalue weighted by Gasteiger charge is -2.06. The monoisotopic (exact) mass is 424 g/mol. The summed E-state index contributed by atoms with van der Waals surface area (Å²) in [7, 11) is 0. The Morgan fingerprint density at radius 1 is 1.14 bits per heavy atom. The lowest BCUT2D eigenvalue weighted by molar-refractivity contribution is 1.31. The van der Waals surface area contributed by atoms with E-state index in [1.165, 1.54) is 21.6 Å². The van der Waals surface area contributed by atoms with Gasteiger partial charge in [-0.1, -0.05) is 41.9 Å². The summed E-state index contributed by atoms with van der Waals surface area (Å²) in [4.78, 5) is 5.99. The second kappa shape index (κ2) is 5.26. The van der Waals surface area contributed by atoms with Crippen molar-refractivity contribution in [3.05, 3.63) is 57.9 Å². The zero-order valence-electron chi connectivity index (χ0n) is 10.9. The van der Waals surface area contributed by atoms with Crippen molar-refractivity contribution in [1.82, 2.24) is 4.98 Å². The first-order valence-corrected chi connectivity index (χ1v) is 8.77. The summed E-state index contributed by atoms with van der Waals surface area (Å²) in [5.74, 6) is 0. The Morgan fingerprint density at radius 3 is 2.81 bits per heavy atom. The molecule has 1 aliphatic rings. The number of benzene rings is 2. The third-order valence-electron chi connectivity index (χ3n) is 3.65. The standard InChI is InChI=1S/C16H10ClIN2S/c17-12-3-1-2-9(7-12)10-4-5-13-11(6-10)8-14-15(13)19-16(20-18)21-14/h1-7H,8H2,(H,19,20). The summed E-state index contributed by atoms with van der Waals surface area (Å²) in [5, 5.41) is 1.75. The van der Waals surface area contributed by atoms with Crippen molar-refractivity contribution < 1.29 is 0 Å². The number of nitrogens with zero attached hydrogens (tertiary/aromatic N) is 1. The molecular weight excluding hydrogens is 415 g/mol. The lowest BCUT2D eigenvalue weighted by Crippen LogP contribution is -1.85. The normalized spacial score (nSPS) is 12.1. The van der Waals surface area contributed by atoms with E-state index in [1.807, 2.05) is 18.2 Å².